The summed E-state index contributed by atoms with van der Waals surface area (Å²) in [6.45, 7) is 0. The zero-order chi connectivity index (χ0) is 13.4. The molecular weight excluding hydrogens is 266 g/mol. The molecule has 0 saturated carbocycles. The summed E-state index contributed by atoms with van der Waals surface area (Å²) >= 11 is 0. The Morgan fingerprint density at radius 2 is 1.47 bits per heavy atom. The van der Waals surface area contributed by atoms with Crippen molar-refractivity contribution < 1.29 is 21.6 Å². The molecule has 0 spiro atoms. The van der Waals surface area contributed by atoms with Gasteiger partial charge in [0.15, 0.2) is 19.7 Å². The topological polar surface area (TPSA) is 111 Å². The molecule has 1 rings (SSSR count). The fourth-order valence-electron chi connectivity index (χ4n) is 1.26. The van der Waals surface area contributed by atoms with Crippen molar-refractivity contribution in [2.24, 2.45) is 5.73 Å². The van der Waals surface area contributed by atoms with Gasteiger partial charge in [0.25, 0.3) is 0 Å². The van der Waals surface area contributed by atoms with Gasteiger partial charge in [-0.1, -0.05) is 0 Å². The van der Waals surface area contributed by atoms with Gasteiger partial charge in [0.1, 0.15) is 0 Å². The molecule has 0 aliphatic carbocycles. The molecule has 0 aliphatic rings. The lowest BCUT2D eigenvalue weighted by atomic mass is 10.2. The summed E-state index contributed by atoms with van der Waals surface area (Å²) in [6.07, 6.45) is 1.75. The van der Waals surface area contributed by atoms with Crippen LogP contribution < -0.4 is 5.73 Å². The lowest BCUT2D eigenvalue weighted by Gasteiger charge is -2.07. The second kappa shape index (κ2) is 4.11. The van der Waals surface area contributed by atoms with E-state index in [2.05, 4.69) is 0 Å². The van der Waals surface area contributed by atoms with E-state index in [1.54, 1.807) is 0 Å². The SMILES string of the molecule is CS(=O)(=O)c1ccc(C(N)=O)cc1S(C)(=O)=O. The quantitative estimate of drug-likeness (QED) is 0.807. The molecule has 0 fully saturated rings. The summed E-state index contributed by atoms with van der Waals surface area (Å²) < 4.78 is 45.7. The lowest BCUT2D eigenvalue weighted by molar-refractivity contribution is 0.1000. The van der Waals surface area contributed by atoms with Gasteiger partial charge in [-0.05, 0) is 18.2 Å². The number of carbonyl (C=O) groups is 1. The van der Waals surface area contributed by atoms with Gasteiger partial charge >= 0.3 is 0 Å². The fraction of sp³-hybridized carbons (Fsp3) is 0.222. The molecule has 6 nitrogen and oxygen atoms in total. The highest BCUT2D eigenvalue weighted by molar-refractivity contribution is 7.93. The van der Waals surface area contributed by atoms with Crippen molar-refractivity contribution in [2.75, 3.05) is 12.5 Å². The number of hydrogen-bond acceptors (Lipinski definition) is 5. The van der Waals surface area contributed by atoms with Crippen LogP contribution in [0.15, 0.2) is 28.0 Å². The second-order valence-electron chi connectivity index (χ2n) is 3.57. The van der Waals surface area contributed by atoms with E-state index in [-0.39, 0.29) is 10.5 Å². The molecule has 0 aromatic heterocycles. The van der Waals surface area contributed by atoms with Gasteiger partial charge < -0.3 is 5.73 Å². The van der Waals surface area contributed by atoms with E-state index < -0.39 is 30.5 Å². The van der Waals surface area contributed by atoms with Crippen LogP contribution in [0.2, 0.25) is 0 Å². The maximum Gasteiger partial charge on any atom is 0.248 e. The molecule has 0 bridgehead atoms. The van der Waals surface area contributed by atoms with E-state index in [1.807, 2.05) is 0 Å². The van der Waals surface area contributed by atoms with Crippen LogP contribution in [0.5, 0.6) is 0 Å². The molecule has 0 saturated heterocycles. The van der Waals surface area contributed by atoms with Crippen molar-refractivity contribution in [3.05, 3.63) is 23.8 Å². The number of carbonyl (C=O) groups excluding carboxylic acids is 1. The van der Waals surface area contributed by atoms with Crippen LogP contribution >= 0.6 is 0 Å². The normalized spacial score (nSPS) is 12.4. The van der Waals surface area contributed by atoms with E-state index in [0.717, 1.165) is 24.6 Å². The maximum absolute atomic E-state index is 11.5. The third-order valence-corrected chi connectivity index (χ3v) is 4.45. The smallest absolute Gasteiger partial charge is 0.248 e. The Morgan fingerprint density at radius 1 is 1.00 bits per heavy atom. The Kier molecular flexibility index (Phi) is 3.30. The minimum absolute atomic E-state index is 0.0576. The average Bonchev–Trinajstić information content (AvgIpc) is 2.14. The Balaban J connectivity index is 3.73. The molecule has 94 valence electrons. The van der Waals surface area contributed by atoms with Crippen LogP contribution in [0, 0.1) is 0 Å². The van der Waals surface area contributed by atoms with Gasteiger partial charge in [0, 0.05) is 18.1 Å². The van der Waals surface area contributed by atoms with E-state index in [0.29, 0.717) is 0 Å². The van der Waals surface area contributed by atoms with Crippen LogP contribution in [-0.2, 0) is 19.7 Å². The Bertz CT molecular complexity index is 673. The third kappa shape index (κ3) is 3.04. The van der Waals surface area contributed by atoms with Gasteiger partial charge in [-0.25, -0.2) is 16.8 Å². The average molecular weight is 277 g/mol. The number of hydrogen-bond donors (Lipinski definition) is 1. The maximum atomic E-state index is 11.5. The van der Waals surface area contributed by atoms with Crippen molar-refractivity contribution in [2.45, 2.75) is 9.79 Å². The van der Waals surface area contributed by atoms with Crippen molar-refractivity contribution in [3.8, 4) is 0 Å². The highest BCUT2D eigenvalue weighted by Gasteiger charge is 2.21. The minimum Gasteiger partial charge on any atom is -0.366 e. The molecule has 17 heavy (non-hydrogen) atoms. The largest absolute Gasteiger partial charge is 0.366 e. The van der Waals surface area contributed by atoms with E-state index in [9.17, 15) is 21.6 Å². The Morgan fingerprint density at radius 3 is 1.82 bits per heavy atom. The number of benzene rings is 1. The second-order valence-corrected chi connectivity index (χ2v) is 7.54. The molecular formula is C9H11NO5S2. The summed E-state index contributed by atoms with van der Waals surface area (Å²) in [4.78, 5) is 10.2. The van der Waals surface area contributed by atoms with Crippen LogP contribution in [0.25, 0.3) is 0 Å². The van der Waals surface area contributed by atoms with Crippen molar-refractivity contribution in [1.82, 2.24) is 0 Å². The summed E-state index contributed by atoms with van der Waals surface area (Å²) in [5, 5.41) is 0. The molecule has 0 heterocycles. The first-order valence-corrected chi connectivity index (χ1v) is 8.16. The zero-order valence-corrected chi connectivity index (χ0v) is 10.8. The number of rotatable bonds is 3. The monoisotopic (exact) mass is 277 g/mol. The Labute approximate surface area is 99.3 Å². The highest BCUT2D eigenvalue weighted by atomic mass is 32.2. The van der Waals surface area contributed by atoms with Crippen LogP contribution in [0.1, 0.15) is 10.4 Å². The minimum atomic E-state index is -3.76. The molecule has 1 aromatic carbocycles. The first-order valence-electron chi connectivity index (χ1n) is 4.37. The van der Waals surface area contributed by atoms with Crippen LogP contribution in [0.3, 0.4) is 0 Å². The molecule has 0 atom stereocenters. The van der Waals surface area contributed by atoms with Gasteiger partial charge in [-0.15, -0.1) is 0 Å². The summed E-state index contributed by atoms with van der Waals surface area (Å²) in [6, 6.07) is 3.20. The van der Waals surface area contributed by atoms with Gasteiger partial charge in [0.05, 0.1) is 9.79 Å². The van der Waals surface area contributed by atoms with Gasteiger partial charge in [-0.2, -0.15) is 0 Å². The van der Waals surface area contributed by atoms with Crippen molar-refractivity contribution in [3.63, 3.8) is 0 Å². The molecule has 0 radical (unpaired) electrons. The first-order chi connectivity index (χ1) is 7.53. The zero-order valence-electron chi connectivity index (χ0n) is 9.17. The van der Waals surface area contributed by atoms with E-state index in [1.165, 1.54) is 6.07 Å². The first kappa shape index (κ1) is 13.7. The number of amides is 1. The van der Waals surface area contributed by atoms with Gasteiger partial charge in [-0.3, -0.25) is 4.79 Å². The predicted octanol–water partition coefficient (Wildman–Crippen LogP) is -0.407. The fourth-order valence-corrected chi connectivity index (χ4v) is 3.68. The molecule has 0 unspecified atom stereocenters. The number of nitrogens with two attached hydrogens (primary N) is 1. The van der Waals surface area contributed by atoms with Crippen LogP contribution in [0.4, 0.5) is 0 Å². The van der Waals surface area contributed by atoms with Gasteiger partial charge in [0.2, 0.25) is 5.91 Å². The lowest BCUT2D eigenvalue weighted by Crippen LogP contribution is -2.14. The van der Waals surface area contributed by atoms with Crippen molar-refractivity contribution >= 4 is 25.6 Å². The van der Waals surface area contributed by atoms with E-state index >= 15 is 0 Å². The van der Waals surface area contributed by atoms with Crippen LogP contribution in [-0.4, -0.2) is 35.3 Å². The molecule has 8 heteroatoms. The third-order valence-electron chi connectivity index (χ3n) is 2.03. The summed E-state index contributed by atoms with van der Waals surface area (Å²) in [5.74, 6) is -0.824. The van der Waals surface area contributed by atoms with E-state index in [4.69, 9.17) is 5.73 Å². The molecule has 1 amide bonds. The molecule has 2 N–H and O–H groups in total. The van der Waals surface area contributed by atoms with Crippen molar-refractivity contribution in [1.29, 1.82) is 0 Å². The summed E-state index contributed by atoms with van der Waals surface area (Å²) in [7, 11) is -7.45. The number of primary amides is 1. The molecule has 1 aromatic rings. The molecule has 0 aliphatic heterocycles. The highest BCUT2D eigenvalue weighted by Crippen LogP contribution is 2.22. The number of sulfone groups is 2. The predicted molar refractivity (Wildman–Crippen MR) is 61.2 cm³/mol. The Hall–Kier alpha value is -1.41. The summed E-state index contributed by atoms with van der Waals surface area (Å²) in [5.41, 5.74) is 4.94. The standard InChI is InChI=1S/C9H11NO5S2/c1-16(12,13)7-4-3-6(9(10)11)5-8(7)17(2,14)15/h3-5H,1-2H3,(H2,10,11).